The van der Waals surface area contributed by atoms with Crippen LogP contribution in [-0.4, -0.2) is 26.8 Å². The summed E-state index contributed by atoms with van der Waals surface area (Å²) in [5.41, 5.74) is 1.20. The molecule has 1 N–H and O–H groups in total. The van der Waals surface area contributed by atoms with Gasteiger partial charge in [0.05, 0.1) is 14.2 Å². The molecule has 0 saturated carbocycles. The van der Waals surface area contributed by atoms with Gasteiger partial charge in [-0.1, -0.05) is 0 Å². The van der Waals surface area contributed by atoms with Gasteiger partial charge in [-0.05, 0) is 51.1 Å². The van der Waals surface area contributed by atoms with Crippen LogP contribution in [0.2, 0.25) is 0 Å². The Labute approximate surface area is 97.8 Å². The van der Waals surface area contributed by atoms with Crippen molar-refractivity contribution in [2.45, 2.75) is 25.8 Å². The van der Waals surface area contributed by atoms with Crippen LogP contribution in [0.4, 0.5) is 0 Å². The monoisotopic (exact) mass is 223 g/mol. The Morgan fingerprint density at radius 1 is 1.19 bits per heavy atom. The molecule has 0 aliphatic heterocycles. The molecule has 0 saturated heterocycles. The molecule has 0 unspecified atom stereocenters. The van der Waals surface area contributed by atoms with Gasteiger partial charge in [0.15, 0.2) is 0 Å². The summed E-state index contributed by atoms with van der Waals surface area (Å²) in [5.74, 6) is 1.77. The Hall–Kier alpha value is -1.22. The second-order valence-corrected chi connectivity index (χ2v) is 4.49. The molecule has 1 aromatic rings. The average molecular weight is 223 g/mol. The summed E-state index contributed by atoms with van der Waals surface area (Å²) < 4.78 is 10.6. The lowest BCUT2D eigenvalue weighted by atomic mass is 9.94. The van der Waals surface area contributed by atoms with Crippen LogP contribution in [0.5, 0.6) is 11.5 Å². The highest BCUT2D eigenvalue weighted by Crippen LogP contribution is 2.27. The maximum atomic E-state index is 5.35. The van der Waals surface area contributed by atoms with Gasteiger partial charge >= 0.3 is 0 Å². The van der Waals surface area contributed by atoms with Gasteiger partial charge in [-0.15, -0.1) is 0 Å². The van der Waals surface area contributed by atoms with E-state index in [1.54, 1.807) is 14.2 Å². The molecule has 90 valence electrons. The van der Waals surface area contributed by atoms with Crippen LogP contribution in [-0.2, 0) is 6.42 Å². The molecule has 0 amide bonds. The summed E-state index contributed by atoms with van der Waals surface area (Å²) in [6, 6.07) is 5.88. The van der Waals surface area contributed by atoms with Crippen molar-refractivity contribution in [2.24, 2.45) is 0 Å². The van der Waals surface area contributed by atoms with Crippen molar-refractivity contribution in [1.82, 2.24) is 5.32 Å². The lowest BCUT2D eigenvalue weighted by Gasteiger charge is -2.25. The van der Waals surface area contributed by atoms with Crippen molar-refractivity contribution in [3.8, 4) is 11.5 Å². The third kappa shape index (κ3) is 3.14. The van der Waals surface area contributed by atoms with Gasteiger partial charge in [-0.2, -0.15) is 0 Å². The Balaban J connectivity index is 3.00. The van der Waals surface area contributed by atoms with Crippen molar-refractivity contribution in [3.05, 3.63) is 23.8 Å². The van der Waals surface area contributed by atoms with E-state index in [1.165, 1.54) is 0 Å². The lowest BCUT2D eigenvalue weighted by molar-refractivity contribution is 0.380. The van der Waals surface area contributed by atoms with E-state index < -0.39 is 0 Å². The predicted octanol–water partition coefficient (Wildman–Crippen LogP) is 2.24. The second-order valence-electron chi connectivity index (χ2n) is 4.49. The number of benzene rings is 1. The lowest BCUT2D eigenvalue weighted by Crippen LogP contribution is -2.38. The summed E-state index contributed by atoms with van der Waals surface area (Å²) in [6.07, 6.45) is 0.893. The van der Waals surface area contributed by atoms with Crippen LogP contribution in [0.15, 0.2) is 18.2 Å². The minimum Gasteiger partial charge on any atom is -0.497 e. The minimum absolute atomic E-state index is 0.0413. The molecule has 0 radical (unpaired) electrons. The van der Waals surface area contributed by atoms with E-state index in [0.29, 0.717) is 0 Å². The molecule has 0 fully saturated rings. The first-order valence-electron chi connectivity index (χ1n) is 5.42. The van der Waals surface area contributed by atoms with Crippen LogP contribution in [0.3, 0.4) is 0 Å². The highest BCUT2D eigenvalue weighted by atomic mass is 16.5. The number of hydrogen-bond donors (Lipinski definition) is 1. The number of methoxy groups -OCH3 is 2. The molecule has 0 spiro atoms. The van der Waals surface area contributed by atoms with Crippen LogP contribution in [0.25, 0.3) is 0 Å². The molecule has 0 aliphatic rings. The van der Waals surface area contributed by atoms with Gasteiger partial charge in [0.2, 0.25) is 0 Å². The maximum Gasteiger partial charge on any atom is 0.122 e. The summed E-state index contributed by atoms with van der Waals surface area (Å²) in [5, 5.41) is 3.28. The van der Waals surface area contributed by atoms with Gasteiger partial charge in [0.25, 0.3) is 0 Å². The molecule has 0 bridgehead atoms. The van der Waals surface area contributed by atoms with E-state index in [-0.39, 0.29) is 5.54 Å². The molecular weight excluding hydrogens is 202 g/mol. The fourth-order valence-corrected chi connectivity index (χ4v) is 1.58. The fourth-order valence-electron chi connectivity index (χ4n) is 1.58. The third-order valence-corrected chi connectivity index (χ3v) is 2.80. The largest absolute Gasteiger partial charge is 0.497 e. The Bertz CT molecular complexity index is 348. The molecule has 3 heteroatoms. The first kappa shape index (κ1) is 12.8. The Kier molecular flexibility index (Phi) is 4.19. The van der Waals surface area contributed by atoms with Gasteiger partial charge < -0.3 is 14.8 Å². The maximum absolute atomic E-state index is 5.35. The van der Waals surface area contributed by atoms with Crippen molar-refractivity contribution in [3.63, 3.8) is 0 Å². The van der Waals surface area contributed by atoms with Crippen molar-refractivity contribution in [2.75, 3.05) is 21.3 Å². The van der Waals surface area contributed by atoms with Crippen LogP contribution >= 0.6 is 0 Å². The van der Waals surface area contributed by atoms with Crippen LogP contribution < -0.4 is 14.8 Å². The predicted molar refractivity (Wildman–Crippen MR) is 66.4 cm³/mol. The van der Waals surface area contributed by atoms with E-state index in [1.807, 2.05) is 25.2 Å². The van der Waals surface area contributed by atoms with Gasteiger partial charge in [-0.25, -0.2) is 0 Å². The zero-order valence-corrected chi connectivity index (χ0v) is 10.8. The Morgan fingerprint density at radius 2 is 1.88 bits per heavy atom. The van der Waals surface area contributed by atoms with Crippen molar-refractivity contribution >= 4 is 0 Å². The quantitative estimate of drug-likeness (QED) is 0.830. The number of likely N-dealkylation sites (N-methyl/N-ethyl adjacent to an activating group) is 1. The van der Waals surface area contributed by atoms with Crippen LogP contribution in [0, 0.1) is 0 Å². The molecule has 0 aliphatic carbocycles. The normalized spacial score (nSPS) is 11.3. The summed E-state index contributed by atoms with van der Waals surface area (Å²) in [6.45, 7) is 4.32. The smallest absolute Gasteiger partial charge is 0.122 e. The first-order valence-corrected chi connectivity index (χ1v) is 5.42. The second kappa shape index (κ2) is 5.21. The standard InChI is InChI=1S/C13H21NO2/c1-13(2,14-3)9-10-8-11(15-4)6-7-12(10)16-5/h6-8,14H,9H2,1-5H3. The van der Waals surface area contributed by atoms with E-state index in [0.717, 1.165) is 23.5 Å². The highest BCUT2D eigenvalue weighted by molar-refractivity contribution is 5.41. The zero-order valence-electron chi connectivity index (χ0n) is 10.8. The Morgan fingerprint density at radius 3 is 2.38 bits per heavy atom. The highest BCUT2D eigenvalue weighted by Gasteiger charge is 2.18. The van der Waals surface area contributed by atoms with Crippen molar-refractivity contribution in [1.29, 1.82) is 0 Å². The number of rotatable bonds is 5. The van der Waals surface area contributed by atoms with E-state index in [4.69, 9.17) is 9.47 Å². The zero-order chi connectivity index (χ0) is 12.2. The van der Waals surface area contributed by atoms with Crippen molar-refractivity contribution < 1.29 is 9.47 Å². The van der Waals surface area contributed by atoms with Gasteiger partial charge in [0.1, 0.15) is 11.5 Å². The van der Waals surface area contributed by atoms with E-state index >= 15 is 0 Å². The summed E-state index contributed by atoms with van der Waals surface area (Å²) >= 11 is 0. The molecule has 3 nitrogen and oxygen atoms in total. The summed E-state index contributed by atoms with van der Waals surface area (Å²) in [7, 11) is 5.33. The molecule has 16 heavy (non-hydrogen) atoms. The van der Waals surface area contributed by atoms with Crippen LogP contribution in [0.1, 0.15) is 19.4 Å². The number of hydrogen-bond acceptors (Lipinski definition) is 3. The van der Waals surface area contributed by atoms with Gasteiger partial charge in [-0.3, -0.25) is 0 Å². The first-order chi connectivity index (χ1) is 7.52. The summed E-state index contributed by atoms with van der Waals surface area (Å²) in [4.78, 5) is 0. The molecule has 1 aromatic carbocycles. The molecule has 0 aromatic heterocycles. The molecule has 0 atom stereocenters. The minimum atomic E-state index is 0.0413. The molecular formula is C13H21NO2. The SMILES string of the molecule is CNC(C)(C)Cc1cc(OC)ccc1OC. The molecule has 0 heterocycles. The average Bonchev–Trinajstić information content (AvgIpc) is 2.28. The number of ether oxygens (including phenoxy) is 2. The topological polar surface area (TPSA) is 30.5 Å². The molecule has 1 rings (SSSR count). The van der Waals surface area contributed by atoms with Gasteiger partial charge in [0, 0.05) is 5.54 Å². The number of nitrogens with one attached hydrogen (secondary N) is 1. The fraction of sp³-hybridized carbons (Fsp3) is 0.538. The third-order valence-electron chi connectivity index (χ3n) is 2.80. The van der Waals surface area contributed by atoms with E-state index in [9.17, 15) is 0 Å². The van der Waals surface area contributed by atoms with E-state index in [2.05, 4.69) is 19.2 Å².